The predicted octanol–water partition coefficient (Wildman–Crippen LogP) is 4.81. The van der Waals surface area contributed by atoms with Crippen molar-refractivity contribution < 1.29 is 4.79 Å². The molecule has 3 aromatic carbocycles. The monoisotopic (exact) mass is 339 g/mol. The summed E-state index contributed by atoms with van der Waals surface area (Å²) in [6.07, 6.45) is 2.91. The minimum Gasteiger partial charge on any atom is -0.334 e. The van der Waals surface area contributed by atoms with Crippen molar-refractivity contribution in [3.05, 3.63) is 107 Å². The number of rotatable bonds is 3. The Hall–Kier alpha value is -3.13. The topological polar surface area (TPSA) is 20.3 Å². The van der Waals surface area contributed by atoms with Crippen LogP contribution in [0.25, 0.3) is 11.6 Å². The lowest BCUT2D eigenvalue weighted by Crippen LogP contribution is -2.36. The average Bonchev–Trinajstić information content (AvgIpc) is 2.72. The summed E-state index contributed by atoms with van der Waals surface area (Å²) in [7, 11) is 0. The fourth-order valence-corrected chi connectivity index (χ4v) is 3.44. The van der Waals surface area contributed by atoms with Crippen molar-refractivity contribution in [2.45, 2.75) is 13.0 Å². The van der Waals surface area contributed by atoms with Crippen LogP contribution in [0, 0.1) is 0 Å². The predicted molar refractivity (Wildman–Crippen MR) is 106 cm³/mol. The van der Waals surface area contributed by atoms with Gasteiger partial charge in [-0.25, -0.2) is 0 Å². The zero-order valence-electron chi connectivity index (χ0n) is 14.6. The zero-order valence-corrected chi connectivity index (χ0v) is 14.6. The largest absolute Gasteiger partial charge is 0.334 e. The maximum absolute atomic E-state index is 13.4. The highest BCUT2D eigenvalue weighted by Crippen LogP contribution is 2.25. The van der Waals surface area contributed by atoms with Gasteiger partial charge in [-0.05, 0) is 34.8 Å². The molecular weight excluding hydrogens is 318 g/mol. The van der Waals surface area contributed by atoms with Gasteiger partial charge in [0.15, 0.2) is 0 Å². The highest BCUT2D eigenvalue weighted by molar-refractivity contribution is 6.24. The first-order valence-electron chi connectivity index (χ1n) is 8.99. The van der Waals surface area contributed by atoms with Gasteiger partial charge in [0, 0.05) is 18.7 Å². The number of carbonyl (C=O) groups excluding carboxylic acids is 1. The third kappa shape index (κ3) is 3.45. The van der Waals surface area contributed by atoms with Crippen LogP contribution in [0.1, 0.15) is 22.3 Å². The second-order valence-electron chi connectivity index (χ2n) is 6.58. The molecule has 128 valence electrons. The minimum absolute atomic E-state index is 0.0922. The van der Waals surface area contributed by atoms with Crippen molar-refractivity contribution in [2.75, 3.05) is 6.54 Å². The molecule has 0 fully saturated rings. The van der Waals surface area contributed by atoms with Crippen LogP contribution >= 0.6 is 0 Å². The van der Waals surface area contributed by atoms with Crippen LogP contribution in [-0.2, 0) is 17.8 Å². The summed E-state index contributed by atoms with van der Waals surface area (Å²) in [5, 5.41) is 0. The molecule has 0 N–H and O–H groups in total. The van der Waals surface area contributed by atoms with E-state index in [0.717, 1.165) is 29.7 Å². The van der Waals surface area contributed by atoms with Gasteiger partial charge in [0.1, 0.15) is 0 Å². The van der Waals surface area contributed by atoms with Crippen LogP contribution < -0.4 is 0 Å². The second kappa shape index (κ2) is 7.40. The Kier molecular flexibility index (Phi) is 4.65. The van der Waals surface area contributed by atoms with E-state index >= 15 is 0 Å². The number of carbonyl (C=O) groups is 1. The number of amides is 1. The van der Waals surface area contributed by atoms with Gasteiger partial charge in [0.25, 0.3) is 5.91 Å². The number of nitrogens with zero attached hydrogens (tertiary/aromatic N) is 1. The molecule has 0 saturated carbocycles. The van der Waals surface area contributed by atoms with E-state index in [1.54, 1.807) is 0 Å². The normalized spacial score (nSPS) is 14.0. The molecule has 0 atom stereocenters. The van der Waals surface area contributed by atoms with Crippen molar-refractivity contribution in [3.8, 4) is 0 Å². The third-order valence-electron chi connectivity index (χ3n) is 4.84. The number of hydrogen-bond acceptors (Lipinski definition) is 1. The summed E-state index contributed by atoms with van der Waals surface area (Å²) >= 11 is 0. The van der Waals surface area contributed by atoms with Crippen LogP contribution in [0.15, 0.2) is 84.9 Å². The van der Waals surface area contributed by atoms with Crippen LogP contribution in [0.2, 0.25) is 0 Å². The highest BCUT2D eigenvalue weighted by atomic mass is 16.2. The van der Waals surface area contributed by atoms with Crippen LogP contribution in [-0.4, -0.2) is 17.4 Å². The summed E-state index contributed by atoms with van der Waals surface area (Å²) in [4.78, 5) is 15.3. The van der Waals surface area contributed by atoms with Crippen LogP contribution in [0.3, 0.4) is 0 Å². The van der Waals surface area contributed by atoms with E-state index in [1.807, 2.05) is 77.7 Å². The van der Waals surface area contributed by atoms with E-state index in [0.29, 0.717) is 6.54 Å². The standard InChI is InChI=1S/C24H21NO/c26-24(25-16-15-20-11-7-8-14-22(20)18-25)23(21-12-5-2-6-13-21)17-19-9-3-1-4-10-19/h1-14,17H,15-16,18H2/b23-17+. The summed E-state index contributed by atoms with van der Waals surface area (Å²) in [6.45, 7) is 1.43. The summed E-state index contributed by atoms with van der Waals surface area (Å²) in [5.74, 6) is 0.0922. The second-order valence-corrected chi connectivity index (χ2v) is 6.58. The molecule has 2 nitrogen and oxygen atoms in total. The van der Waals surface area contributed by atoms with Crippen LogP contribution in [0.4, 0.5) is 0 Å². The molecule has 4 rings (SSSR count). The molecule has 0 spiro atoms. The molecule has 0 saturated heterocycles. The molecule has 0 aliphatic carbocycles. The minimum atomic E-state index is 0.0922. The zero-order chi connectivity index (χ0) is 17.8. The van der Waals surface area contributed by atoms with Crippen molar-refractivity contribution in [1.29, 1.82) is 0 Å². The van der Waals surface area contributed by atoms with Gasteiger partial charge in [0.05, 0.1) is 0 Å². The fourth-order valence-electron chi connectivity index (χ4n) is 3.44. The Bertz CT molecular complexity index is 929. The van der Waals surface area contributed by atoms with E-state index in [9.17, 15) is 4.79 Å². The Morgan fingerprint density at radius 2 is 1.38 bits per heavy atom. The Balaban J connectivity index is 1.68. The number of fused-ring (bicyclic) bond motifs is 1. The SMILES string of the molecule is O=C(/C(=C/c1ccccc1)c1ccccc1)N1CCc2ccccc2C1. The Morgan fingerprint density at radius 3 is 2.12 bits per heavy atom. The first kappa shape index (κ1) is 16.3. The first-order chi connectivity index (χ1) is 12.8. The van der Waals surface area contributed by atoms with Gasteiger partial charge >= 0.3 is 0 Å². The molecule has 1 aliphatic rings. The van der Waals surface area contributed by atoms with E-state index in [2.05, 4.69) is 18.2 Å². The number of hydrogen-bond donors (Lipinski definition) is 0. The smallest absolute Gasteiger partial charge is 0.254 e. The molecule has 26 heavy (non-hydrogen) atoms. The lowest BCUT2D eigenvalue weighted by atomic mass is 9.97. The highest BCUT2D eigenvalue weighted by Gasteiger charge is 2.23. The molecular formula is C24H21NO. The molecule has 1 amide bonds. The molecule has 1 heterocycles. The molecule has 1 aliphatic heterocycles. The van der Waals surface area contributed by atoms with Crippen molar-refractivity contribution in [3.63, 3.8) is 0 Å². The van der Waals surface area contributed by atoms with Gasteiger partial charge < -0.3 is 4.90 Å². The van der Waals surface area contributed by atoms with E-state index in [-0.39, 0.29) is 5.91 Å². The molecule has 0 unspecified atom stereocenters. The van der Waals surface area contributed by atoms with E-state index in [1.165, 1.54) is 11.1 Å². The van der Waals surface area contributed by atoms with Gasteiger partial charge in [-0.1, -0.05) is 84.9 Å². The van der Waals surface area contributed by atoms with Gasteiger partial charge in [-0.2, -0.15) is 0 Å². The lowest BCUT2D eigenvalue weighted by molar-refractivity contribution is -0.125. The van der Waals surface area contributed by atoms with Crippen LogP contribution in [0.5, 0.6) is 0 Å². The molecule has 0 aromatic heterocycles. The van der Waals surface area contributed by atoms with Crippen molar-refractivity contribution in [2.24, 2.45) is 0 Å². The molecule has 0 radical (unpaired) electrons. The first-order valence-corrected chi connectivity index (χ1v) is 8.99. The summed E-state index contributed by atoms with van der Waals surface area (Å²) in [5.41, 5.74) is 5.34. The molecule has 0 bridgehead atoms. The lowest BCUT2D eigenvalue weighted by Gasteiger charge is -2.29. The fraction of sp³-hybridized carbons (Fsp3) is 0.125. The maximum atomic E-state index is 13.4. The van der Waals surface area contributed by atoms with E-state index in [4.69, 9.17) is 0 Å². The van der Waals surface area contributed by atoms with Gasteiger partial charge in [0.2, 0.25) is 0 Å². The Labute approximate surface area is 154 Å². The Morgan fingerprint density at radius 1 is 0.769 bits per heavy atom. The quantitative estimate of drug-likeness (QED) is 0.495. The average molecular weight is 339 g/mol. The van der Waals surface area contributed by atoms with E-state index < -0.39 is 0 Å². The van der Waals surface area contributed by atoms with Gasteiger partial charge in [-0.3, -0.25) is 4.79 Å². The molecule has 2 heteroatoms. The summed E-state index contributed by atoms with van der Waals surface area (Å²) < 4.78 is 0. The van der Waals surface area contributed by atoms with Crippen molar-refractivity contribution in [1.82, 2.24) is 4.90 Å². The number of benzene rings is 3. The van der Waals surface area contributed by atoms with Crippen molar-refractivity contribution >= 4 is 17.6 Å². The maximum Gasteiger partial charge on any atom is 0.254 e. The molecule has 3 aromatic rings. The third-order valence-corrected chi connectivity index (χ3v) is 4.84. The van der Waals surface area contributed by atoms with Gasteiger partial charge in [-0.15, -0.1) is 0 Å². The summed E-state index contributed by atoms with van der Waals surface area (Å²) in [6, 6.07) is 28.4.